The van der Waals surface area contributed by atoms with Crippen molar-refractivity contribution >= 4 is 17.3 Å². The second kappa shape index (κ2) is 5.37. The Hall–Kier alpha value is -1.67. The van der Waals surface area contributed by atoms with Gasteiger partial charge in [0.05, 0.1) is 5.69 Å². The van der Waals surface area contributed by atoms with Gasteiger partial charge in [-0.05, 0) is 36.6 Å². The highest BCUT2D eigenvalue weighted by Crippen LogP contribution is 2.37. The molecular weight excluding hydrogens is 270 g/mol. The summed E-state index contributed by atoms with van der Waals surface area (Å²) in [6, 6.07) is 11.5. The van der Waals surface area contributed by atoms with E-state index in [9.17, 15) is 0 Å². The van der Waals surface area contributed by atoms with Crippen LogP contribution in [0, 0.1) is 6.92 Å². The standard InChI is InChI=1S/C17H20ClNO/c1-11-5-7-15(13(9-11)17(2,3)4)20-16-8-6-12(18)10-14(16)19/h5-10H,19H2,1-4H3. The van der Waals surface area contributed by atoms with Crippen molar-refractivity contribution in [3.8, 4) is 11.5 Å². The van der Waals surface area contributed by atoms with Crippen LogP contribution in [0.4, 0.5) is 5.69 Å². The summed E-state index contributed by atoms with van der Waals surface area (Å²) < 4.78 is 5.99. The van der Waals surface area contributed by atoms with Crippen LogP contribution >= 0.6 is 11.6 Å². The fourth-order valence-corrected chi connectivity index (χ4v) is 2.23. The Bertz CT molecular complexity index is 629. The summed E-state index contributed by atoms with van der Waals surface area (Å²) in [5.41, 5.74) is 8.86. The molecule has 0 fully saturated rings. The third-order valence-corrected chi connectivity index (χ3v) is 3.37. The normalized spacial score (nSPS) is 11.4. The second-order valence-corrected chi connectivity index (χ2v) is 6.47. The van der Waals surface area contributed by atoms with Crippen LogP contribution in [0.25, 0.3) is 0 Å². The number of ether oxygens (including phenoxy) is 1. The van der Waals surface area contributed by atoms with Crippen LogP contribution in [0.3, 0.4) is 0 Å². The van der Waals surface area contributed by atoms with E-state index < -0.39 is 0 Å². The maximum absolute atomic E-state index is 5.99. The van der Waals surface area contributed by atoms with E-state index in [0.29, 0.717) is 16.5 Å². The predicted octanol–water partition coefficient (Wildman–Crippen LogP) is 5.32. The number of hydrogen-bond acceptors (Lipinski definition) is 2. The number of hydrogen-bond donors (Lipinski definition) is 1. The van der Waals surface area contributed by atoms with Crippen LogP contribution in [-0.4, -0.2) is 0 Å². The lowest BCUT2D eigenvalue weighted by atomic mass is 9.85. The van der Waals surface area contributed by atoms with E-state index in [1.807, 2.05) is 12.1 Å². The van der Waals surface area contributed by atoms with E-state index in [1.165, 1.54) is 5.56 Å². The van der Waals surface area contributed by atoms with Crippen molar-refractivity contribution in [3.05, 3.63) is 52.5 Å². The lowest BCUT2D eigenvalue weighted by molar-refractivity contribution is 0.457. The Labute approximate surface area is 125 Å². The van der Waals surface area contributed by atoms with Gasteiger partial charge >= 0.3 is 0 Å². The highest BCUT2D eigenvalue weighted by molar-refractivity contribution is 6.30. The molecule has 0 amide bonds. The molecule has 3 heteroatoms. The van der Waals surface area contributed by atoms with Gasteiger partial charge in [-0.2, -0.15) is 0 Å². The average Bonchev–Trinajstić information content (AvgIpc) is 2.33. The molecule has 106 valence electrons. The monoisotopic (exact) mass is 289 g/mol. The summed E-state index contributed by atoms with van der Waals surface area (Å²) in [5.74, 6) is 1.46. The minimum atomic E-state index is 0.00252. The largest absolute Gasteiger partial charge is 0.455 e. The van der Waals surface area contributed by atoms with Crippen LogP contribution in [0.2, 0.25) is 5.02 Å². The summed E-state index contributed by atoms with van der Waals surface area (Å²) in [6.07, 6.45) is 0. The molecule has 0 aliphatic carbocycles. The molecular formula is C17H20ClNO. The topological polar surface area (TPSA) is 35.2 Å². The van der Waals surface area contributed by atoms with Crippen molar-refractivity contribution in [2.75, 3.05) is 5.73 Å². The van der Waals surface area contributed by atoms with Crippen molar-refractivity contribution in [1.29, 1.82) is 0 Å². The van der Waals surface area contributed by atoms with Gasteiger partial charge in [0.2, 0.25) is 0 Å². The molecule has 0 bridgehead atoms. The number of benzene rings is 2. The number of anilines is 1. The zero-order chi connectivity index (χ0) is 14.9. The van der Waals surface area contributed by atoms with Gasteiger partial charge in [-0.1, -0.05) is 50.1 Å². The van der Waals surface area contributed by atoms with Crippen molar-refractivity contribution in [3.63, 3.8) is 0 Å². The number of halogens is 1. The molecule has 0 aliphatic heterocycles. The highest BCUT2D eigenvalue weighted by atomic mass is 35.5. The maximum Gasteiger partial charge on any atom is 0.150 e. The lowest BCUT2D eigenvalue weighted by Gasteiger charge is -2.23. The van der Waals surface area contributed by atoms with Gasteiger partial charge in [0.25, 0.3) is 0 Å². The van der Waals surface area contributed by atoms with E-state index in [2.05, 4.69) is 33.8 Å². The average molecular weight is 290 g/mol. The Morgan fingerprint density at radius 1 is 1.00 bits per heavy atom. The van der Waals surface area contributed by atoms with E-state index >= 15 is 0 Å². The molecule has 0 aliphatic rings. The van der Waals surface area contributed by atoms with Gasteiger partial charge in [0.1, 0.15) is 11.5 Å². The SMILES string of the molecule is Cc1ccc(Oc2ccc(Cl)cc2N)c(C(C)(C)C)c1. The second-order valence-electron chi connectivity index (χ2n) is 6.03. The number of nitrogen functional groups attached to an aromatic ring is 1. The van der Waals surface area contributed by atoms with Gasteiger partial charge in [-0.3, -0.25) is 0 Å². The van der Waals surface area contributed by atoms with Gasteiger partial charge in [0.15, 0.2) is 0 Å². The molecule has 0 aromatic heterocycles. The molecule has 0 unspecified atom stereocenters. The first-order valence-electron chi connectivity index (χ1n) is 6.61. The number of nitrogens with two attached hydrogens (primary N) is 1. The fourth-order valence-electron chi connectivity index (χ4n) is 2.05. The van der Waals surface area contributed by atoms with Crippen LogP contribution < -0.4 is 10.5 Å². The molecule has 0 atom stereocenters. The Morgan fingerprint density at radius 2 is 1.65 bits per heavy atom. The predicted molar refractivity (Wildman–Crippen MR) is 85.8 cm³/mol. The van der Waals surface area contributed by atoms with Crippen molar-refractivity contribution in [2.24, 2.45) is 0 Å². The Morgan fingerprint density at radius 3 is 2.25 bits per heavy atom. The van der Waals surface area contributed by atoms with Gasteiger partial charge in [-0.15, -0.1) is 0 Å². The van der Waals surface area contributed by atoms with E-state index in [-0.39, 0.29) is 5.41 Å². The van der Waals surface area contributed by atoms with E-state index in [0.717, 1.165) is 11.3 Å². The number of aryl methyl sites for hydroxylation is 1. The fraction of sp³-hybridized carbons (Fsp3) is 0.294. The van der Waals surface area contributed by atoms with Crippen molar-refractivity contribution in [1.82, 2.24) is 0 Å². The molecule has 0 heterocycles. The third kappa shape index (κ3) is 3.26. The first kappa shape index (κ1) is 14.7. The smallest absolute Gasteiger partial charge is 0.150 e. The van der Waals surface area contributed by atoms with E-state index in [1.54, 1.807) is 18.2 Å². The number of rotatable bonds is 2. The van der Waals surface area contributed by atoms with Gasteiger partial charge in [0, 0.05) is 10.6 Å². The highest BCUT2D eigenvalue weighted by Gasteiger charge is 2.20. The Kier molecular flexibility index (Phi) is 3.96. The quantitative estimate of drug-likeness (QED) is 0.759. The summed E-state index contributed by atoms with van der Waals surface area (Å²) in [6.45, 7) is 8.58. The molecule has 0 radical (unpaired) electrons. The summed E-state index contributed by atoms with van der Waals surface area (Å²) in [4.78, 5) is 0. The van der Waals surface area contributed by atoms with Crippen LogP contribution in [0.5, 0.6) is 11.5 Å². The van der Waals surface area contributed by atoms with Crippen LogP contribution in [-0.2, 0) is 5.41 Å². The molecule has 2 aromatic carbocycles. The summed E-state index contributed by atoms with van der Waals surface area (Å²) >= 11 is 5.91. The molecule has 20 heavy (non-hydrogen) atoms. The van der Waals surface area contributed by atoms with Gasteiger partial charge < -0.3 is 10.5 Å². The molecule has 2 rings (SSSR count). The minimum absolute atomic E-state index is 0.00252. The Balaban J connectivity index is 2.43. The zero-order valence-corrected chi connectivity index (χ0v) is 13.1. The molecule has 2 nitrogen and oxygen atoms in total. The van der Waals surface area contributed by atoms with Crippen molar-refractivity contribution < 1.29 is 4.74 Å². The third-order valence-electron chi connectivity index (χ3n) is 3.13. The molecule has 0 spiro atoms. The van der Waals surface area contributed by atoms with E-state index in [4.69, 9.17) is 22.1 Å². The molecule has 0 saturated heterocycles. The maximum atomic E-state index is 5.99. The van der Waals surface area contributed by atoms with Crippen LogP contribution in [0.15, 0.2) is 36.4 Å². The first-order valence-corrected chi connectivity index (χ1v) is 6.99. The molecule has 2 N–H and O–H groups in total. The van der Waals surface area contributed by atoms with Crippen molar-refractivity contribution in [2.45, 2.75) is 33.1 Å². The zero-order valence-electron chi connectivity index (χ0n) is 12.3. The van der Waals surface area contributed by atoms with Gasteiger partial charge in [-0.25, -0.2) is 0 Å². The molecule has 0 saturated carbocycles. The molecule has 2 aromatic rings. The lowest BCUT2D eigenvalue weighted by Crippen LogP contribution is -2.13. The minimum Gasteiger partial charge on any atom is -0.455 e. The summed E-state index contributed by atoms with van der Waals surface area (Å²) in [7, 11) is 0. The van der Waals surface area contributed by atoms with Crippen LogP contribution in [0.1, 0.15) is 31.9 Å². The first-order chi connectivity index (χ1) is 9.27. The summed E-state index contributed by atoms with van der Waals surface area (Å²) in [5, 5.41) is 0.606.